The van der Waals surface area contributed by atoms with E-state index in [0.717, 1.165) is 36.4 Å². The number of aryl methyl sites for hydroxylation is 1. The molecular weight excluding hydrogens is 468 g/mol. The van der Waals surface area contributed by atoms with Crippen LogP contribution in [0.3, 0.4) is 0 Å². The van der Waals surface area contributed by atoms with Crippen molar-refractivity contribution in [2.24, 2.45) is 0 Å². The monoisotopic (exact) mass is 506 g/mol. The summed E-state index contributed by atoms with van der Waals surface area (Å²) in [4.78, 5) is 30.5. The number of nitrogens with zero attached hydrogens (tertiary/aromatic N) is 2. The third-order valence-electron chi connectivity index (χ3n) is 7.13. The molecule has 0 saturated carbocycles. The minimum absolute atomic E-state index is 0.130. The van der Waals surface area contributed by atoms with Crippen LogP contribution >= 0.6 is 0 Å². The molecule has 1 atom stereocenters. The Labute approximate surface area is 219 Å². The van der Waals surface area contributed by atoms with Crippen LogP contribution in [0.15, 0.2) is 48.0 Å². The van der Waals surface area contributed by atoms with Gasteiger partial charge >= 0.3 is 0 Å². The third-order valence-corrected chi connectivity index (χ3v) is 7.13. The van der Waals surface area contributed by atoms with E-state index in [1.54, 1.807) is 23.1 Å². The maximum Gasteiger partial charge on any atom is 0.295 e. The van der Waals surface area contributed by atoms with Gasteiger partial charge in [-0.1, -0.05) is 45.0 Å². The van der Waals surface area contributed by atoms with E-state index in [-0.39, 0.29) is 11.3 Å². The van der Waals surface area contributed by atoms with E-state index in [1.807, 2.05) is 38.1 Å². The van der Waals surface area contributed by atoms with Gasteiger partial charge in [0.1, 0.15) is 11.5 Å². The summed E-state index contributed by atoms with van der Waals surface area (Å²) < 4.78 is 11.2. The lowest BCUT2D eigenvalue weighted by Crippen LogP contribution is -2.42. The van der Waals surface area contributed by atoms with Crippen molar-refractivity contribution in [2.45, 2.75) is 46.1 Å². The van der Waals surface area contributed by atoms with Gasteiger partial charge in [-0.05, 0) is 54.2 Å². The molecule has 7 heteroatoms. The third kappa shape index (κ3) is 5.89. The van der Waals surface area contributed by atoms with Crippen LogP contribution in [0.25, 0.3) is 5.76 Å². The average molecular weight is 507 g/mol. The van der Waals surface area contributed by atoms with Crippen molar-refractivity contribution in [2.75, 3.05) is 46.0 Å². The number of carbonyl (C=O) groups excluding carboxylic acids is 2. The minimum Gasteiger partial charge on any atom is -0.507 e. The van der Waals surface area contributed by atoms with Gasteiger partial charge in [0.25, 0.3) is 11.7 Å². The second kappa shape index (κ2) is 11.9. The summed E-state index contributed by atoms with van der Waals surface area (Å²) in [6.07, 6.45) is 0.894. The summed E-state index contributed by atoms with van der Waals surface area (Å²) in [7, 11) is 0. The Morgan fingerprint density at radius 3 is 2.41 bits per heavy atom. The number of hydrogen-bond acceptors (Lipinski definition) is 6. The van der Waals surface area contributed by atoms with Crippen LogP contribution in [0.2, 0.25) is 0 Å². The fourth-order valence-electron chi connectivity index (χ4n) is 4.92. The van der Waals surface area contributed by atoms with E-state index in [4.69, 9.17) is 9.47 Å². The van der Waals surface area contributed by atoms with Crippen molar-refractivity contribution in [3.63, 3.8) is 0 Å². The van der Waals surface area contributed by atoms with Crippen molar-refractivity contribution in [3.05, 3.63) is 70.3 Å². The standard InChI is InChI=1S/C30H38N2O5/c1-5-16-37-25-11-10-24(19-21(25)4)28(33)26-27(23-8-6-22(7-9-23)20(2)3)32(30(35)29(26)34)13-12-31-14-17-36-18-15-31/h6-11,19-20,27,33H,5,12-18H2,1-4H3/t27-/m1/s1. The van der Waals surface area contributed by atoms with Crippen LogP contribution in [0, 0.1) is 6.92 Å². The molecule has 37 heavy (non-hydrogen) atoms. The second-order valence-corrected chi connectivity index (χ2v) is 10.1. The summed E-state index contributed by atoms with van der Waals surface area (Å²) in [6, 6.07) is 12.7. The predicted molar refractivity (Wildman–Crippen MR) is 144 cm³/mol. The van der Waals surface area contributed by atoms with Gasteiger partial charge in [-0.25, -0.2) is 0 Å². The first-order chi connectivity index (χ1) is 17.8. The molecule has 0 radical (unpaired) electrons. The number of aliphatic hydroxyl groups is 1. The molecule has 1 N–H and O–H groups in total. The molecule has 0 unspecified atom stereocenters. The number of ether oxygens (including phenoxy) is 2. The number of morpholine rings is 1. The van der Waals surface area contributed by atoms with E-state index >= 15 is 0 Å². The highest BCUT2D eigenvalue weighted by atomic mass is 16.5. The highest BCUT2D eigenvalue weighted by Gasteiger charge is 2.46. The van der Waals surface area contributed by atoms with Gasteiger partial charge < -0.3 is 19.5 Å². The molecule has 2 aromatic rings. The molecule has 2 aromatic carbocycles. The fourth-order valence-corrected chi connectivity index (χ4v) is 4.92. The molecule has 0 aliphatic carbocycles. The van der Waals surface area contributed by atoms with Crippen molar-refractivity contribution in [1.82, 2.24) is 9.80 Å². The van der Waals surface area contributed by atoms with Crippen LogP contribution in [0.4, 0.5) is 0 Å². The molecule has 2 aliphatic heterocycles. The summed E-state index contributed by atoms with van der Waals surface area (Å²) in [5, 5.41) is 11.4. The van der Waals surface area contributed by atoms with Gasteiger partial charge in [0, 0.05) is 31.7 Å². The number of hydrogen-bond donors (Lipinski definition) is 1. The van der Waals surface area contributed by atoms with Crippen LogP contribution in [-0.2, 0) is 14.3 Å². The predicted octanol–water partition coefficient (Wildman–Crippen LogP) is 4.66. The van der Waals surface area contributed by atoms with E-state index in [9.17, 15) is 14.7 Å². The Morgan fingerprint density at radius 2 is 1.78 bits per heavy atom. The molecule has 7 nitrogen and oxygen atoms in total. The normalized spacial score (nSPS) is 20.1. The van der Waals surface area contributed by atoms with Crippen molar-refractivity contribution >= 4 is 17.4 Å². The van der Waals surface area contributed by atoms with Crippen molar-refractivity contribution in [1.29, 1.82) is 0 Å². The highest BCUT2D eigenvalue weighted by molar-refractivity contribution is 6.46. The smallest absolute Gasteiger partial charge is 0.295 e. The number of likely N-dealkylation sites (tertiary alicyclic amines) is 1. The van der Waals surface area contributed by atoms with Crippen LogP contribution in [0.1, 0.15) is 61.4 Å². The maximum absolute atomic E-state index is 13.4. The first-order valence-corrected chi connectivity index (χ1v) is 13.2. The molecule has 2 saturated heterocycles. The van der Waals surface area contributed by atoms with Gasteiger partial charge in [-0.15, -0.1) is 0 Å². The number of carbonyl (C=O) groups is 2. The zero-order chi connectivity index (χ0) is 26.5. The molecule has 0 aromatic heterocycles. The maximum atomic E-state index is 13.4. The zero-order valence-corrected chi connectivity index (χ0v) is 22.3. The molecule has 198 valence electrons. The van der Waals surface area contributed by atoms with Gasteiger partial charge in [0.2, 0.25) is 0 Å². The number of aliphatic hydroxyl groups excluding tert-OH is 1. The number of Topliss-reactive ketones (excluding diaryl/α,β-unsaturated/α-hetero) is 1. The topological polar surface area (TPSA) is 79.3 Å². The van der Waals surface area contributed by atoms with Crippen LogP contribution in [-0.4, -0.2) is 72.6 Å². The van der Waals surface area contributed by atoms with Gasteiger partial charge in [-0.3, -0.25) is 14.5 Å². The SMILES string of the molecule is CCCOc1ccc(C(O)=C2C(=O)C(=O)N(CCN3CCOCC3)[C@@H]2c2ccc(C(C)C)cc2)cc1C. The summed E-state index contributed by atoms with van der Waals surface area (Å²) >= 11 is 0. The number of benzene rings is 2. The van der Waals surface area contributed by atoms with Gasteiger partial charge in [-0.2, -0.15) is 0 Å². The lowest BCUT2D eigenvalue weighted by molar-refractivity contribution is -0.140. The zero-order valence-electron chi connectivity index (χ0n) is 22.3. The Kier molecular flexibility index (Phi) is 8.67. The van der Waals surface area contributed by atoms with Crippen molar-refractivity contribution < 1.29 is 24.2 Å². The largest absolute Gasteiger partial charge is 0.507 e. The number of amides is 1. The van der Waals surface area contributed by atoms with Gasteiger partial charge in [0.15, 0.2) is 0 Å². The van der Waals surface area contributed by atoms with E-state index in [2.05, 4.69) is 18.7 Å². The lowest BCUT2D eigenvalue weighted by Gasteiger charge is -2.31. The summed E-state index contributed by atoms with van der Waals surface area (Å²) in [5.41, 5.74) is 3.47. The molecule has 2 aliphatic rings. The Bertz CT molecular complexity index is 1150. The average Bonchev–Trinajstić information content (AvgIpc) is 3.16. The Morgan fingerprint density at radius 1 is 1.08 bits per heavy atom. The lowest BCUT2D eigenvalue weighted by atomic mass is 9.93. The Hall–Kier alpha value is -3.16. The molecule has 2 fully saturated rings. The van der Waals surface area contributed by atoms with Crippen LogP contribution < -0.4 is 4.74 Å². The van der Waals surface area contributed by atoms with Gasteiger partial charge in [0.05, 0.1) is 31.4 Å². The van der Waals surface area contributed by atoms with E-state index < -0.39 is 17.7 Å². The second-order valence-electron chi connectivity index (χ2n) is 10.1. The fraction of sp³-hybridized carbons (Fsp3) is 0.467. The van der Waals surface area contributed by atoms with E-state index in [1.165, 1.54) is 5.56 Å². The summed E-state index contributed by atoms with van der Waals surface area (Å²) in [5.74, 6) is -0.285. The molecule has 0 bridgehead atoms. The Balaban J connectivity index is 1.72. The molecule has 0 spiro atoms. The molecular formula is C30H38N2O5. The molecule has 4 rings (SSSR count). The molecule has 2 heterocycles. The quantitative estimate of drug-likeness (QED) is 0.303. The molecule has 1 amide bonds. The first-order valence-electron chi connectivity index (χ1n) is 13.2. The van der Waals surface area contributed by atoms with Crippen LogP contribution in [0.5, 0.6) is 5.75 Å². The van der Waals surface area contributed by atoms with E-state index in [0.29, 0.717) is 44.4 Å². The highest BCUT2D eigenvalue weighted by Crippen LogP contribution is 2.40. The first kappa shape index (κ1) is 26.9. The minimum atomic E-state index is -0.654. The number of rotatable bonds is 9. The number of ketones is 1. The summed E-state index contributed by atoms with van der Waals surface area (Å²) in [6.45, 7) is 12.7. The van der Waals surface area contributed by atoms with Crippen molar-refractivity contribution in [3.8, 4) is 5.75 Å².